The van der Waals surface area contributed by atoms with Crippen molar-refractivity contribution in [2.24, 2.45) is 0 Å². The molecule has 1 saturated heterocycles. The Morgan fingerprint density at radius 3 is 2.62 bits per heavy atom. The quantitative estimate of drug-likeness (QED) is 0.788. The second-order valence-electron chi connectivity index (χ2n) is 6.58. The van der Waals surface area contributed by atoms with Gasteiger partial charge in [-0.2, -0.15) is 5.10 Å². The zero-order chi connectivity index (χ0) is 16.4. The lowest BCUT2D eigenvalue weighted by molar-refractivity contribution is 0.170. The van der Waals surface area contributed by atoms with Crippen molar-refractivity contribution >= 4 is 11.3 Å². The van der Waals surface area contributed by atoms with Gasteiger partial charge in [-0.3, -0.25) is 10.00 Å². The van der Waals surface area contributed by atoms with Gasteiger partial charge < -0.3 is 0 Å². The average molecular weight is 338 g/mol. The molecular weight excluding hydrogens is 316 g/mol. The maximum absolute atomic E-state index is 4.87. The van der Waals surface area contributed by atoms with E-state index in [9.17, 15) is 0 Å². The van der Waals surface area contributed by atoms with Gasteiger partial charge in [0.15, 0.2) is 0 Å². The Hall–Kier alpha value is -1.98. The van der Waals surface area contributed by atoms with Gasteiger partial charge in [-0.05, 0) is 38.4 Å². The van der Waals surface area contributed by atoms with Gasteiger partial charge in [0.25, 0.3) is 0 Å². The number of nitrogens with zero attached hydrogens (tertiary/aromatic N) is 3. The molecule has 0 spiro atoms. The lowest BCUT2D eigenvalue weighted by Crippen LogP contribution is -2.43. The van der Waals surface area contributed by atoms with Crippen LogP contribution in [0.1, 0.15) is 34.7 Å². The van der Waals surface area contributed by atoms with Crippen molar-refractivity contribution in [3.8, 4) is 0 Å². The first-order valence-corrected chi connectivity index (χ1v) is 9.32. The number of H-pyrrole nitrogens is 1. The Bertz CT molecular complexity index is 771. The number of aryl methyl sites for hydroxylation is 1. The zero-order valence-electron chi connectivity index (χ0n) is 13.9. The molecule has 2 aromatic heterocycles. The minimum Gasteiger partial charge on any atom is -0.299 e. The minimum atomic E-state index is 0.0545. The van der Waals surface area contributed by atoms with Crippen LogP contribution in [0.4, 0.5) is 0 Å². The van der Waals surface area contributed by atoms with Crippen LogP contribution in [0, 0.1) is 6.92 Å². The minimum absolute atomic E-state index is 0.0545. The van der Waals surface area contributed by atoms with Gasteiger partial charge in [0.1, 0.15) is 0 Å². The van der Waals surface area contributed by atoms with Gasteiger partial charge >= 0.3 is 0 Å². The van der Waals surface area contributed by atoms with Gasteiger partial charge in [0.2, 0.25) is 0 Å². The summed E-state index contributed by atoms with van der Waals surface area (Å²) in [6, 6.07) is 10.9. The standard InChI is InChI=1S/C19H22N4S/c1-15-22-18(14-24-15)19(17-5-3-2-4-6-17)7-9-23(10-8-19)13-16-11-20-21-12-16/h2-6,11-12,14H,7-10,13H2,1H3,(H,20,21). The summed E-state index contributed by atoms with van der Waals surface area (Å²) in [5.74, 6) is 0. The molecule has 3 aromatic rings. The summed E-state index contributed by atoms with van der Waals surface area (Å²) in [5.41, 5.74) is 3.96. The second kappa shape index (κ2) is 6.49. The molecule has 0 aliphatic carbocycles. The number of hydrogen-bond donors (Lipinski definition) is 1. The van der Waals surface area contributed by atoms with E-state index >= 15 is 0 Å². The van der Waals surface area contributed by atoms with Crippen molar-refractivity contribution in [3.63, 3.8) is 0 Å². The molecule has 1 aromatic carbocycles. The molecule has 124 valence electrons. The summed E-state index contributed by atoms with van der Waals surface area (Å²) < 4.78 is 0. The van der Waals surface area contributed by atoms with Crippen LogP contribution in [0.2, 0.25) is 0 Å². The molecule has 0 saturated carbocycles. The fourth-order valence-corrected chi connectivity index (χ4v) is 4.46. The molecular formula is C19H22N4S. The summed E-state index contributed by atoms with van der Waals surface area (Å²) in [4.78, 5) is 7.39. The Kier molecular flexibility index (Phi) is 4.21. The van der Waals surface area contributed by atoms with Crippen molar-refractivity contribution in [2.45, 2.75) is 31.7 Å². The number of likely N-dealkylation sites (tertiary alicyclic amines) is 1. The lowest BCUT2D eigenvalue weighted by atomic mass is 9.70. The van der Waals surface area contributed by atoms with E-state index in [0.717, 1.165) is 37.5 Å². The first kappa shape index (κ1) is 15.5. The van der Waals surface area contributed by atoms with Crippen LogP contribution in [0.15, 0.2) is 48.1 Å². The van der Waals surface area contributed by atoms with Crippen molar-refractivity contribution in [3.05, 3.63) is 69.9 Å². The number of hydrogen-bond acceptors (Lipinski definition) is 4. The Labute approximate surface area is 146 Å². The molecule has 5 heteroatoms. The number of aromatic amines is 1. The number of nitrogens with one attached hydrogen (secondary N) is 1. The highest BCUT2D eigenvalue weighted by Crippen LogP contribution is 2.42. The topological polar surface area (TPSA) is 44.8 Å². The maximum Gasteiger partial charge on any atom is 0.0897 e. The van der Waals surface area contributed by atoms with E-state index in [-0.39, 0.29) is 5.41 Å². The zero-order valence-corrected chi connectivity index (χ0v) is 14.7. The van der Waals surface area contributed by atoms with Crippen LogP contribution in [0.25, 0.3) is 0 Å². The molecule has 1 N–H and O–H groups in total. The van der Waals surface area contributed by atoms with Crippen LogP contribution < -0.4 is 0 Å². The second-order valence-corrected chi connectivity index (χ2v) is 7.64. The molecule has 4 nitrogen and oxygen atoms in total. The molecule has 0 radical (unpaired) electrons. The van der Waals surface area contributed by atoms with Gasteiger partial charge in [-0.25, -0.2) is 4.98 Å². The van der Waals surface area contributed by atoms with E-state index in [0.29, 0.717) is 0 Å². The molecule has 0 unspecified atom stereocenters. The lowest BCUT2D eigenvalue weighted by Gasteiger charge is -2.41. The molecule has 3 heterocycles. The molecule has 1 fully saturated rings. The summed E-state index contributed by atoms with van der Waals surface area (Å²) in [6.45, 7) is 5.23. The summed E-state index contributed by atoms with van der Waals surface area (Å²) in [6.07, 6.45) is 6.13. The number of piperidine rings is 1. The Balaban J connectivity index is 1.59. The highest BCUT2D eigenvalue weighted by molar-refractivity contribution is 7.09. The van der Waals surface area contributed by atoms with Crippen molar-refractivity contribution in [2.75, 3.05) is 13.1 Å². The number of benzene rings is 1. The van der Waals surface area contributed by atoms with E-state index in [1.807, 2.05) is 12.4 Å². The molecule has 1 aliphatic heterocycles. The van der Waals surface area contributed by atoms with Crippen LogP contribution in [-0.4, -0.2) is 33.2 Å². The van der Waals surface area contributed by atoms with E-state index in [1.165, 1.54) is 16.8 Å². The SMILES string of the molecule is Cc1nc(C2(c3ccccc3)CCN(Cc3cn[nH]c3)CC2)cs1. The maximum atomic E-state index is 4.87. The van der Waals surface area contributed by atoms with Crippen LogP contribution >= 0.6 is 11.3 Å². The van der Waals surface area contributed by atoms with E-state index < -0.39 is 0 Å². The van der Waals surface area contributed by atoms with E-state index in [1.54, 1.807) is 11.3 Å². The van der Waals surface area contributed by atoms with E-state index in [4.69, 9.17) is 4.98 Å². The Morgan fingerprint density at radius 1 is 1.21 bits per heavy atom. The first-order valence-electron chi connectivity index (χ1n) is 8.44. The third-order valence-electron chi connectivity index (χ3n) is 5.11. The van der Waals surface area contributed by atoms with Crippen LogP contribution in [0.5, 0.6) is 0 Å². The molecule has 24 heavy (non-hydrogen) atoms. The van der Waals surface area contributed by atoms with Gasteiger partial charge in [0.05, 0.1) is 16.9 Å². The van der Waals surface area contributed by atoms with Crippen LogP contribution in [-0.2, 0) is 12.0 Å². The van der Waals surface area contributed by atoms with Gasteiger partial charge in [-0.15, -0.1) is 11.3 Å². The monoisotopic (exact) mass is 338 g/mol. The fraction of sp³-hybridized carbons (Fsp3) is 0.368. The predicted molar refractivity (Wildman–Crippen MR) is 97.2 cm³/mol. The Morgan fingerprint density at radius 2 is 2.00 bits per heavy atom. The highest BCUT2D eigenvalue weighted by Gasteiger charge is 2.39. The highest BCUT2D eigenvalue weighted by atomic mass is 32.1. The molecule has 0 amide bonds. The van der Waals surface area contributed by atoms with E-state index in [2.05, 4.69) is 57.7 Å². The first-order chi connectivity index (χ1) is 11.8. The smallest absolute Gasteiger partial charge is 0.0897 e. The fourth-order valence-electron chi connectivity index (χ4n) is 3.75. The van der Waals surface area contributed by atoms with Crippen molar-refractivity contribution in [1.82, 2.24) is 20.1 Å². The third-order valence-corrected chi connectivity index (χ3v) is 5.88. The summed E-state index contributed by atoms with van der Waals surface area (Å²) >= 11 is 1.76. The molecule has 0 bridgehead atoms. The predicted octanol–water partition coefficient (Wildman–Crippen LogP) is 3.76. The molecule has 4 rings (SSSR count). The summed E-state index contributed by atoms with van der Waals surface area (Å²) in [7, 11) is 0. The number of aromatic nitrogens is 3. The molecule has 1 aliphatic rings. The average Bonchev–Trinajstić information content (AvgIpc) is 3.29. The number of rotatable bonds is 4. The number of thiazole rings is 1. The van der Waals surface area contributed by atoms with Gasteiger partial charge in [-0.1, -0.05) is 30.3 Å². The largest absolute Gasteiger partial charge is 0.299 e. The third kappa shape index (κ3) is 2.89. The van der Waals surface area contributed by atoms with Crippen molar-refractivity contribution in [1.29, 1.82) is 0 Å². The van der Waals surface area contributed by atoms with Gasteiger partial charge in [0, 0.05) is 29.1 Å². The normalized spacial score (nSPS) is 17.9. The summed E-state index contributed by atoms with van der Waals surface area (Å²) in [5, 5.41) is 10.4. The van der Waals surface area contributed by atoms with Crippen LogP contribution in [0.3, 0.4) is 0 Å². The van der Waals surface area contributed by atoms with Crippen molar-refractivity contribution < 1.29 is 0 Å². The molecule has 0 atom stereocenters.